The van der Waals surface area contributed by atoms with Crippen molar-refractivity contribution >= 4 is 28.9 Å². The second kappa shape index (κ2) is 15.6. The lowest BCUT2D eigenvalue weighted by Crippen LogP contribution is -2.50. The Labute approximate surface area is 243 Å². The van der Waals surface area contributed by atoms with Crippen LogP contribution in [-0.4, -0.2) is 51.7 Å². The molecular weight excluding hydrogens is 520 g/mol. The van der Waals surface area contributed by atoms with Gasteiger partial charge in [-0.3, -0.25) is 4.79 Å². The predicted octanol–water partition coefficient (Wildman–Crippen LogP) is 5.38. The topological polar surface area (TPSA) is 95.2 Å². The summed E-state index contributed by atoms with van der Waals surface area (Å²) in [6.45, 7) is 8.47. The summed E-state index contributed by atoms with van der Waals surface area (Å²) in [7, 11) is 1.64. The average molecular weight is 561 g/mol. The number of amides is 1. The van der Waals surface area contributed by atoms with Gasteiger partial charge >= 0.3 is 0 Å². The van der Waals surface area contributed by atoms with Crippen LogP contribution in [-0.2, 0) is 17.8 Å². The van der Waals surface area contributed by atoms with E-state index in [1.807, 2.05) is 41.0 Å². The quantitative estimate of drug-likeness (QED) is 0.256. The normalized spacial score (nSPS) is 12.2. The molecule has 0 radical (unpaired) electrons. The van der Waals surface area contributed by atoms with E-state index in [9.17, 15) is 4.79 Å². The number of imidazole rings is 1. The van der Waals surface area contributed by atoms with E-state index in [0.29, 0.717) is 23.8 Å². The molecule has 3 aromatic rings. The number of rotatable bonds is 14. The summed E-state index contributed by atoms with van der Waals surface area (Å²) in [4.78, 5) is 19.7. The molecule has 1 heterocycles. The van der Waals surface area contributed by atoms with Gasteiger partial charge in [-0.15, -0.1) is 0 Å². The Hall–Kier alpha value is -3.90. The molecule has 0 aliphatic rings. The summed E-state index contributed by atoms with van der Waals surface area (Å²) in [6, 6.07) is 17.2. The number of hydrogen-bond donors (Lipinski definition) is 2. The number of hydrogen-bond acceptors (Lipinski definition) is 5. The van der Waals surface area contributed by atoms with Crippen LogP contribution in [0.3, 0.4) is 0 Å². The smallest absolute Gasteiger partial charge is 0.226 e. The molecule has 0 bridgehead atoms. The maximum atomic E-state index is 13.3. The highest BCUT2D eigenvalue weighted by atomic mass is 32.1. The van der Waals surface area contributed by atoms with Crippen molar-refractivity contribution in [2.45, 2.75) is 59.0 Å². The highest BCUT2D eigenvalue weighted by molar-refractivity contribution is 7.80. The van der Waals surface area contributed by atoms with E-state index in [-0.39, 0.29) is 24.3 Å². The zero-order chi connectivity index (χ0) is 28.9. The molecule has 212 valence electrons. The fourth-order valence-corrected chi connectivity index (χ4v) is 4.62. The van der Waals surface area contributed by atoms with E-state index < -0.39 is 0 Å². The van der Waals surface area contributed by atoms with Crippen molar-refractivity contribution in [3.05, 3.63) is 77.9 Å². The lowest BCUT2D eigenvalue weighted by Gasteiger charge is -2.33. The van der Waals surface area contributed by atoms with Crippen molar-refractivity contribution < 1.29 is 9.53 Å². The molecule has 0 aliphatic heterocycles. The molecule has 2 N–H and O–H groups in total. The molecule has 1 amide bonds. The number of nitriles is 1. The zero-order valence-electron chi connectivity index (χ0n) is 23.9. The Bertz CT molecular complexity index is 1270. The summed E-state index contributed by atoms with van der Waals surface area (Å²) in [6.07, 6.45) is 6.69. The number of nitrogens with one attached hydrogen (secondary N) is 2. The van der Waals surface area contributed by atoms with Gasteiger partial charge in [0.15, 0.2) is 5.11 Å². The Kier molecular flexibility index (Phi) is 12.0. The number of carbonyl (C=O) groups excluding carboxylic acids is 1. The van der Waals surface area contributed by atoms with Crippen LogP contribution >= 0.6 is 12.2 Å². The first-order valence-corrected chi connectivity index (χ1v) is 14.2. The number of ether oxygens (including phenoxy) is 1. The third-order valence-electron chi connectivity index (χ3n) is 7.08. The molecule has 0 saturated heterocycles. The predicted molar refractivity (Wildman–Crippen MR) is 163 cm³/mol. The fraction of sp³-hybridized carbons (Fsp3) is 0.419. The lowest BCUT2D eigenvalue weighted by atomic mass is 9.98. The van der Waals surface area contributed by atoms with Crippen LogP contribution in [0.4, 0.5) is 5.69 Å². The van der Waals surface area contributed by atoms with E-state index >= 15 is 0 Å². The summed E-state index contributed by atoms with van der Waals surface area (Å²) in [5, 5.41) is 16.3. The standard InChI is InChI=1S/C31H40N6O2S/c1-5-7-16-36(31(40)34-26-12-14-28(39-4)15-13-26)21-29(23(3)6-2)35-30(38)17-27-19-33-22-37(27)20-25-10-8-24(18-32)9-11-25/h8-15,19,22-23,29H,5-7,16-17,20-21H2,1-4H3,(H,34,40)(H,35,38)/t23-,29+/m0/s1. The van der Waals surface area contributed by atoms with Gasteiger partial charge in [0.25, 0.3) is 0 Å². The van der Waals surface area contributed by atoms with Crippen molar-refractivity contribution in [2.24, 2.45) is 5.92 Å². The molecule has 0 aliphatic carbocycles. The maximum Gasteiger partial charge on any atom is 0.226 e. The molecule has 2 aromatic carbocycles. The third kappa shape index (κ3) is 9.09. The first kappa shape index (κ1) is 30.6. The number of thiocarbonyl (C=S) groups is 1. The van der Waals surface area contributed by atoms with Gasteiger partial charge in [-0.05, 0) is 66.5 Å². The van der Waals surface area contributed by atoms with E-state index in [0.717, 1.165) is 48.5 Å². The van der Waals surface area contributed by atoms with E-state index in [2.05, 4.69) is 47.4 Å². The fourth-order valence-electron chi connectivity index (χ4n) is 4.33. The number of anilines is 1. The summed E-state index contributed by atoms with van der Waals surface area (Å²) >= 11 is 5.82. The summed E-state index contributed by atoms with van der Waals surface area (Å²) in [5.74, 6) is 1.01. The maximum absolute atomic E-state index is 13.3. The molecular formula is C31H40N6O2S. The molecule has 0 spiro atoms. The molecule has 0 saturated carbocycles. The molecule has 8 nitrogen and oxygen atoms in total. The van der Waals surface area contributed by atoms with Crippen LogP contribution in [0.5, 0.6) is 5.75 Å². The minimum Gasteiger partial charge on any atom is -0.497 e. The first-order valence-electron chi connectivity index (χ1n) is 13.8. The van der Waals surface area contributed by atoms with Gasteiger partial charge in [0.05, 0.1) is 31.5 Å². The van der Waals surface area contributed by atoms with Gasteiger partial charge in [-0.2, -0.15) is 5.26 Å². The summed E-state index contributed by atoms with van der Waals surface area (Å²) in [5.41, 5.74) is 3.40. The van der Waals surface area contributed by atoms with Crippen LogP contribution in [0.15, 0.2) is 61.1 Å². The largest absolute Gasteiger partial charge is 0.497 e. The van der Waals surface area contributed by atoms with Crippen molar-refractivity contribution in [1.82, 2.24) is 19.8 Å². The zero-order valence-corrected chi connectivity index (χ0v) is 24.7. The summed E-state index contributed by atoms with van der Waals surface area (Å²) < 4.78 is 7.23. The molecule has 40 heavy (non-hydrogen) atoms. The van der Waals surface area contributed by atoms with E-state index in [1.54, 1.807) is 31.8 Å². The molecule has 9 heteroatoms. The number of methoxy groups -OCH3 is 1. The second-order valence-electron chi connectivity index (χ2n) is 10.0. The lowest BCUT2D eigenvalue weighted by molar-refractivity contribution is -0.121. The van der Waals surface area contributed by atoms with Crippen molar-refractivity contribution in [3.63, 3.8) is 0 Å². The monoisotopic (exact) mass is 560 g/mol. The Balaban J connectivity index is 1.67. The van der Waals surface area contributed by atoms with E-state index in [4.69, 9.17) is 22.2 Å². The highest BCUT2D eigenvalue weighted by Gasteiger charge is 2.23. The molecule has 0 fully saturated rings. The minimum absolute atomic E-state index is 0.0450. The second-order valence-corrected chi connectivity index (χ2v) is 10.4. The third-order valence-corrected chi connectivity index (χ3v) is 7.44. The van der Waals surface area contributed by atoms with Crippen LogP contribution in [0.1, 0.15) is 56.9 Å². The van der Waals surface area contributed by atoms with Gasteiger partial charge in [0.1, 0.15) is 5.75 Å². The van der Waals surface area contributed by atoms with Gasteiger partial charge in [0, 0.05) is 43.3 Å². The van der Waals surface area contributed by atoms with Crippen molar-refractivity contribution in [3.8, 4) is 11.8 Å². The molecule has 1 aromatic heterocycles. The molecule has 2 atom stereocenters. The number of benzene rings is 2. The van der Waals surface area contributed by atoms with Gasteiger partial charge in [-0.25, -0.2) is 4.98 Å². The number of aromatic nitrogens is 2. The highest BCUT2D eigenvalue weighted by Crippen LogP contribution is 2.17. The van der Waals surface area contributed by atoms with Gasteiger partial charge in [-0.1, -0.05) is 45.7 Å². The number of unbranched alkanes of at least 4 members (excludes halogenated alkanes) is 1. The van der Waals surface area contributed by atoms with Crippen molar-refractivity contribution in [1.29, 1.82) is 5.26 Å². The first-order chi connectivity index (χ1) is 19.4. The van der Waals surface area contributed by atoms with Crippen LogP contribution in [0.25, 0.3) is 0 Å². The van der Waals surface area contributed by atoms with E-state index in [1.165, 1.54) is 0 Å². The minimum atomic E-state index is -0.0696. The number of carbonyl (C=O) groups is 1. The SMILES string of the molecule is CCCCN(C[C@@H](NC(=O)Cc1cncn1Cc1ccc(C#N)cc1)[C@@H](C)CC)C(=S)Nc1ccc(OC)cc1. The van der Waals surface area contributed by atoms with Gasteiger partial charge in [0.2, 0.25) is 5.91 Å². The molecule has 3 rings (SSSR count). The van der Waals surface area contributed by atoms with Crippen LogP contribution < -0.4 is 15.4 Å². The molecule has 0 unspecified atom stereocenters. The Morgan fingerprint density at radius 3 is 2.52 bits per heavy atom. The number of nitrogens with zero attached hydrogens (tertiary/aromatic N) is 4. The van der Waals surface area contributed by atoms with Crippen LogP contribution in [0.2, 0.25) is 0 Å². The van der Waals surface area contributed by atoms with Gasteiger partial charge < -0.3 is 24.8 Å². The average Bonchev–Trinajstić information content (AvgIpc) is 3.40. The Morgan fingerprint density at radius 2 is 1.90 bits per heavy atom. The van der Waals surface area contributed by atoms with Crippen LogP contribution in [0, 0.1) is 17.2 Å². The Morgan fingerprint density at radius 1 is 1.18 bits per heavy atom. The van der Waals surface area contributed by atoms with Crippen molar-refractivity contribution in [2.75, 3.05) is 25.5 Å².